The average Bonchev–Trinajstić information content (AvgIpc) is 2.83. The molecule has 0 fully saturated rings. The first-order valence-corrected chi connectivity index (χ1v) is 13.0. The van der Waals surface area contributed by atoms with Crippen molar-refractivity contribution < 1.29 is 38.1 Å². The zero-order valence-electron chi connectivity index (χ0n) is 24.6. The lowest BCUT2D eigenvalue weighted by Crippen LogP contribution is -2.37. The minimum Gasteiger partial charge on any atom is -0.461 e. The number of ether oxygens (including phenoxy) is 4. The van der Waals surface area contributed by atoms with Crippen LogP contribution in [0.5, 0.6) is 11.5 Å². The molecular weight excluding hydrogens is 490 g/mol. The van der Waals surface area contributed by atoms with Crippen molar-refractivity contribution >= 4 is 23.9 Å². The molecule has 0 spiro atoms. The molecule has 1 aromatic rings. The van der Waals surface area contributed by atoms with Gasteiger partial charge in [-0.1, -0.05) is 19.9 Å². The van der Waals surface area contributed by atoms with Gasteiger partial charge < -0.3 is 24.7 Å². The van der Waals surface area contributed by atoms with Gasteiger partial charge in [-0.05, 0) is 92.3 Å². The number of benzene rings is 1. The van der Waals surface area contributed by atoms with E-state index in [9.17, 15) is 19.2 Å². The van der Waals surface area contributed by atoms with Crippen LogP contribution in [0.4, 0.5) is 0 Å². The Hall–Kier alpha value is -2.94. The number of hydrogen-bond acceptors (Lipinski definition) is 9. The number of nitrogens with two attached hydrogens (primary N) is 1. The smallest absolute Gasteiger partial charge is 0.323 e. The Morgan fingerprint density at radius 1 is 0.816 bits per heavy atom. The predicted octanol–water partition coefficient (Wildman–Crippen LogP) is 4.76. The van der Waals surface area contributed by atoms with E-state index in [1.807, 2.05) is 13.8 Å². The molecule has 1 rings (SSSR count). The lowest BCUT2D eigenvalue weighted by Gasteiger charge is -2.23. The molecule has 9 heteroatoms. The molecule has 214 valence electrons. The van der Waals surface area contributed by atoms with Gasteiger partial charge in [0.2, 0.25) is 0 Å². The van der Waals surface area contributed by atoms with E-state index in [1.165, 1.54) is 12.1 Å². The minimum absolute atomic E-state index is 0.0672. The van der Waals surface area contributed by atoms with Crippen molar-refractivity contribution in [1.82, 2.24) is 0 Å². The van der Waals surface area contributed by atoms with Crippen molar-refractivity contribution in [2.24, 2.45) is 22.0 Å². The molecule has 0 radical (unpaired) electrons. The van der Waals surface area contributed by atoms with Crippen molar-refractivity contribution in [1.29, 1.82) is 0 Å². The second kappa shape index (κ2) is 13.2. The first-order valence-electron chi connectivity index (χ1n) is 13.0. The van der Waals surface area contributed by atoms with Crippen LogP contribution in [0.3, 0.4) is 0 Å². The average molecular weight is 536 g/mol. The molecule has 2 N–H and O–H groups in total. The highest BCUT2D eigenvalue weighted by Crippen LogP contribution is 2.34. The quantitative estimate of drug-likeness (QED) is 0.297. The predicted molar refractivity (Wildman–Crippen MR) is 144 cm³/mol. The molecule has 9 nitrogen and oxygen atoms in total. The first kappa shape index (κ1) is 33.1. The van der Waals surface area contributed by atoms with E-state index in [2.05, 4.69) is 0 Å². The minimum atomic E-state index is -1.02. The molecule has 0 aliphatic carbocycles. The maximum atomic E-state index is 12.8. The van der Waals surface area contributed by atoms with Gasteiger partial charge in [-0.15, -0.1) is 0 Å². The van der Waals surface area contributed by atoms with Gasteiger partial charge in [0, 0.05) is 0 Å². The Morgan fingerprint density at radius 2 is 1.32 bits per heavy atom. The second-order valence-electron chi connectivity index (χ2n) is 11.9. The molecule has 2 atom stereocenters. The molecule has 0 saturated carbocycles. The van der Waals surface area contributed by atoms with Crippen LogP contribution in [0.25, 0.3) is 0 Å². The summed E-state index contributed by atoms with van der Waals surface area (Å²) >= 11 is 0. The van der Waals surface area contributed by atoms with Gasteiger partial charge in [-0.2, -0.15) is 0 Å². The van der Waals surface area contributed by atoms with Gasteiger partial charge in [-0.25, -0.2) is 0 Å². The standard InChI is InChI=1S/C29H45NO8/c1-11-28(7,8)25(33)37-21-14-13-19(16-22(21)38-26(34)29(9,10)12-2)15-20(30)23(31)35-17-18(3)36-24(32)27(4,5)6/h13-14,16,18,20H,11-12,15,17,30H2,1-10H3/t18-,20-/m0/s1. The summed E-state index contributed by atoms with van der Waals surface area (Å²) in [5.41, 5.74) is 4.49. The highest BCUT2D eigenvalue weighted by Gasteiger charge is 2.32. The van der Waals surface area contributed by atoms with Gasteiger partial charge in [0.15, 0.2) is 11.5 Å². The Labute approximate surface area is 226 Å². The fourth-order valence-electron chi connectivity index (χ4n) is 2.65. The lowest BCUT2D eigenvalue weighted by molar-refractivity contribution is -0.165. The van der Waals surface area contributed by atoms with Crippen LogP contribution in [0, 0.1) is 16.2 Å². The molecule has 38 heavy (non-hydrogen) atoms. The summed E-state index contributed by atoms with van der Waals surface area (Å²) in [6.07, 6.45) is 0.550. The molecule has 0 amide bonds. The van der Waals surface area contributed by atoms with Gasteiger partial charge in [0.25, 0.3) is 0 Å². The van der Waals surface area contributed by atoms with Gasteiger partial charge in [0.1, 0.15) is 18.8 Å². The van der Waals surface area contributed by atoms with E-state index in [4.69, 9.17) is 24.7 Å². The topological polar surface area (TPSA) is 131 Å². The number of esters is 4. The summed E-state index contributed by atoms with van der Waals surface area (Å²) in [5, 5.41) is 0. The highest BCUT2D eigenvalue weighted by molar-refractivity contribution is 5.82. The van der Waals surface area contributed by atoms with Crippen molar-refractivity contribution in [3.8, 4) is 11.5 Å². The van der Waals surface area contributed by atoms with E-state index < -0.39 is 52.3 Å². The van der Waals surface area contributed by atoms with E-state index in [0.717, 1.165) is 0 Å². The molecule has 0 heterocycles. The Balaban J connectivity index is 3.03. The van der Waals surface area contributed by atoms with Crippen LogP contribution in [0.1, 0.15) is 87.6 Å². The van der Waals surface area contributed by atoms with Crippen molar-refractivity contribution in [2.75, 3.05) is 6.61 Å². The third-order valence-corrected chi connectivity index (χ3v) is 6.43. The monoisotopic (exact) mass is 535 g/mol. The van der Waals surface area contributed by atoms with Gasteiger partial charge in [0.05, 0.1) is 16.2 Å². The third kappa shape index (κ3) is 9.74. The van der Waals surface area contributed by atoms with Crippen molar-refractivity contribution in [3.05, 3.63) is 23.8 Å². The molecule has 0 saturated heterocycles. The molecule has 1 aromatic carbocycles. The number of carbonyl (C=O) groups excluding carboxylic acids is 4. The Morgan fingerprint density at radius 3 is 1.79 bits per heavy atom. The molecule has 0 aromatic heterocycles. The van der Waals surface area contributed by atoms with Crippen LogP contribution >= 0.6 is 0 Å². The number of rotatable bonds is 12. The fraction of sp³-hybridized carbons (Fsp3) is 0.655. The maximum absolute atomic E-state index is 12.8. The largest absolute Gasteiger partial charge is 0.461 e. The Kier molecular flexibility index (Phi) is 11.5. The molecule has 0 aliphatic rings. The zero-order chi connectivity index (χ0) is 29.5. The van der Waals surface area contributed by atoms with Crippen molar-refractivity contribution in [3.63, 3.8) is 0 Å². The SMILES string of the molecule is CCC(C)(C)C(=O)Oc1ccc(C[C@H](N)C(=O)OC[C@H](C)OC(=O)C(C)(C)C)cc1OC(=O)C(C)(C)CC. The fourth-order valence-corrected chi connectivity index (χ4v) is 2.65. The number of carbonyl (C=O) groups is 4. The van der Waals surface area contributed by atoms with Gasteiger partial charge >= 0.3 is 23.9 Å². The summed E-state index contributed by atoms with van der Waals surface area (Å²) in [6, 6.07) is 3.67. The van der Waals surface area contributed by atoms with Crippen molar-refractivity contribution in [2.45, 2.75) is 101 Å². The van der Waals surface area contributed by atoms with E-state index in [0.29, 0.717) is 18.4 Å². The highest BCUT2D eigenvalue weighted by atomic mass is 16.6. The molecule has 0 unspecified atom stereocenters. The van der Waals surface area contributed by atoms with E-state index in [1.54, 1.807) is 61.5 Å². The van der Waals surface area contributed by atoms with Crippen LogP contribution in [-0.4, -0.2) is 42.6 Å². The Bertz CT molecular complexity index is 1010. The summed E-state index contributed by atoms with van der Waals surface area (Å²) in [5.74, 6) is -1.84. The zero-order valence-corrected chi connectivity index (χ0v) is 24.6. The summed E-state index contributed by atoms with van der Waals surface area (Å²) in [7, 11) is 0. The summed E-state index contributed by atoms with van der Waals surface area (Å²) in [6.45, 7) is 17.5. The van der Waals surface area contributed by atoms with Crippen LogP contribution in [0.2, 0.25) is 0 Å². The molecule has 0 aliphatic heterocycles. The van der Waals surface area contributed by atoms with E-state index in [-0.39, 0.29) is 24.5 Å². The summed E-state index contributed by atoms with van der Waals surface area (Å²) < 4.78 is 21.8. The van der Waals surface area contributed by atoms with E-state index >= 15 is 0 Å². The normalized spacial score (nSPS) is 13.8. The first-order chi connectivity index (χ1) is 17.3. The third-order valence-electron chi connectivity index (χ3n) is 6.43. The molecule has 0 bridgehead atoms. The van der Waals surface area contributed by atoms with Crippen LogP contribution in [0.15, 0.2) is 18.2 Å². The lowest BCUT2D eigenvalue weighted by atomic mass is 9.90. The van der Waals surface area contributed by atoms with Crippen LogP contribution < -0.4 is 15.2 Å². The molecular formula is C29H45NO8. The maximum Gasteiger partial charge on any atom is 0.323 e. The second-order valence-corrected chi connectivity index (χ2v) is 11.9. The van der Waals surface area contributed by atoms with Gasteiger partial charge in [-0.3, -0.25) is 19.2 Å². The number of hydrogen-bond donors (Lipinski definition) is 1. The van der Waals surface area contributed by atoms with Crippen LogP contribution in [-0.2, 0) is 35.1 Å². The summed E-state index contributed by atoms with van der Waals surface area (Å²) in [4.78, 5) is 49.9.